The summed E-state index contributed by atoms with van der Waals surface area (Å²) in [5, 5.41) is 3.88. The Morgan fingerprint density at radius 1 is 1.11 bits per heavy atom. The summed E-state index contributed by atoms with van der Waals surface area (Å²) in [5.41, 5.74) is 0.396. The van der Waals surface area contributed by atoms with E-state index in [0.717, 1.165) is 12.1 Å². The van der Waals surface area contributed by atoms with Crippen LogP contribution >= 0.6 is 0 Å². The number of nitrogens with one attached hydrogen (secondary N) is 1. The summed E-state index contributed by atoms with van der Waals surface area (Å²) in [6.45, 7) is 9.53. The number of hydrogen-bond acceptors (Lipinski definition) is 2. The Labute approximate surface area is 114 Å². The van der Waals surface area contributed by atoms with Crippen molar-refractivity contribution < 1.29 is 0 Å². The fourth-order valence-corrected chi connectivity index (χ4v) is 3.97. The highest BCUT2D eigenvalue weighted by molar-refractivity contribution is 4.99. The van der Waals surface area contributed by atoms with Crippen molar-refractivity contribution in [2.75, 3.05) is 13.1 Å². The molecule has 106 valence electrons. The first kappa shape index (κ1) is 14.3. The maximum absolute atomic E-state index is 3.88. The van der Waals surface area contributed by atoms with Gasteiger partial charge in [-0.1, -0.05) is 40.0 Å². The van der Waals surface area contributed by atoms with Gasteiger partial charge in [0.15, 0.2) is 0 Å². The molecule has 1 atom stereocenters. The van der Waals surface area contributed by atoms with Crippen LogP contribution in [0.1, 0.15) is 72.1 Å². The minimum absolute atomic E-state index is 0.396. The number of hydrogen-bond donors (Lipinski definition) is 1. The molecule has 0 aromatic rings. The Balaban J connectivity index is 2.07. The van der Waals surface area contributed by atoms with Crippen molar-refractivity contribution in [2.24, 2.45) is 0 Å². The topological polar surface area (TPSA) is 15.3 Å². The predicted octanol–water partition coefficient (Wildman–Crippen LogP) is 3.56. The third kappa shape index (κ3) is 2.91. The molecule has 18 heavy (non-hydrogen) atoms. The van der Waals surface area contributed by atoms with Crippen molar-refractivity contribution in [2.45, 2.75) is 89.8 Å². The lowest BCUT2D eigenvalue weighted by atomic mass is 9.86. The van der Waals surface area contributed by atoms with Crippen molar-refractivity contribution in [3.05, 3.63) is 0 Å². The molecule has 2 aliphatic rings. The lowest BCUT2D eigenvalue weighted by molar-refractivity contribution is 0.0344. The predicted molar refractivity (Wildman–Crippen MR) is 79.0 cm³/mol. The first-order valence-corrected chi connectivity index (χ1v) is 8.25. The highest BCUT2D eigenvalue weighted by Crippen LogP contribution is 2.32. The van der Waals surface area contributed by atoms with Crippen LogP contribution in [-0.4, -0.2) is 35.6 Å². The van der Waals surface area contributed by atoms with Crippen molar-refractivity contribution in [3.8, 4) is 0 Å². The van der Waals surface area contributed by atoms with Gasteiger partial charge in [0.05, 0.1) is 0 Å². The van der Waals surface area contributed by atoms with E-state index in [2.05, 4.69) is 31.0 Å². The van der Waals surface area contributed by atoms with E-state index in [4.69, 9.17) is 0 Å². The van der Waals surface area contributed by atoms with Crippen LogP contribution in [0.3, 0.4) is 0 Å². The normalized spacial score (nSPS) is 29.8. The molecule has 0 amide bonds. The van der Waals surface area contributed by atoms with E-state index in [9.17, 15) is 0 Å². The molecule has 1 N–H and O–H groups in total. The Kier molecular flexibility index (Phi) is 5.08. The Morgan fingerprint density at radius 3 is 2.33 bits per heavy atom. The average Bonchev–Trinajstić information content (AvgIpc) is 2.94. The van der Waals surface area contributed by atoms with Crippen molar-refractivity contribution in [1.82, 2.24) is 10.2 Å². The highest BCUT2D eigenvalue weighted by atomic mass is 15.3. The monoisotopic (exact) mass is 252 g/mol. The second kappa shape index (κ2) is 6.38. The maximum atomic E-state index is 3.88. The summed E-state index contributed by atoms with van der Waals surface area (Å²) >= 11 is 0. The standard InChI is InChI=1S/C16H32N2/c1-4-9-15-12-17-16(5-2,6-3)13-18(15)14-10-7-8-11-14/h14-15,17H,4-13H2,1-3H3. The van der Waals surface area contributed by atoms with Crippen LogP contribution < -0.4 is 5.32 Å². The second-order valence-electron chi connectivity index (χ2n) is 6.42. The van der Waals surface area contributed by atoms with E-state index in [0.29, 0.717) is 5.54 Å². The molecule has 0 bridgehead atoms. The second-order valence-corrected chi connectivity index (χ2v) is 6.42. The molecule has 2 fully saturated rings. The van der Waals surface area contributed by atoms with Crippen LogP contribution in [-0.2, 0) is 0 Å². The van der Waals surface area contributed by atoms with Crippen molar-refractivity contribution >= 4 is 0 Å². The molecule has 1 unspecified atom stereocenters. The summed E-state index contributed by atoms with van der Waals surface area (Å²) in [5.74, 6) is 0. The summed E-state index contributed by atoms with van der Waals surface area (Å²) < 4.78 is 0. The fourth-order valence-electron chi connectivity index (χ4n) is 3.97. The third-order valence-corrected chi connectivity index (χ3v) is 5.44. The lowest BCUT2D eigenvalue weighted by Gasteiger charge is -2.50. The lowest BCUT2D eigenvalue weighted by Crippen LogP contribution is -2.65. The molecule has 2 heteroatoms. The summed E-state index contributed by atoms with van der Waals surface area (Å²) in [6.07, 6.45) is 11.0. The summed E-state index contributed by atoms with van der Waals surface area (Å²) in [6, 6.07) is 1.69. The van der Waals surface area contributed by atoms with Crippen LogP contribution in [0.2, 0.25) is 0 Å². The van der Waals surface area contributed by atoms with E-state index >= 15 is 0 Å². The van der Waals surface area contributed by atoms with Crippen LogP contribution in [0.4, 0.5) is 0 Å². The Bertz CT molecular complexity index is 241. The molecule has 0 radical (unpaired) electrons. The smallest absolute Gasteiger partial charge is 0.0304 e. The summed E-state index contributed by atoms with van der Waals surface area (Å²) in [7, 11) is 0. The highest BCUT2D eigenvalue weighted by Gasteiger charge is 2.39. The van der Waals surface area contributed by atoms with E-state index in [1.807, 2.05) is 0 Å². The van der Waals surface area contributed by atoms with E-state index < -0.39 is 0 Å². The Hall–Kier alpha value is -0.0800. The van der Waals surface area contributed by atoms with Gasteiger partial charge in [-0.3, -0.25) is 4.90 Å². The van der Waals surface area contributed by atoms with E-state index in [1.165, 1.54) is 64.5 Å². The first-order valence-electron chi connectivity index (χ1n) is 8.25. The molecule has 0 aromatic carbocycles. The van der Waals surface area contributed by atoms with Gasteiger partial charge in [0.2, 0.25) is 0 Å². The van der Waals surface area contributed by atoms with Crippen molar-refractivity contribution in [3.63, 3.8) is 0 Å². The quantitative estimate of drug-likeness (QED) is 0.805. The van der Waals surface area contributed by atoms with Gasteiger partial charge in [0, 0.05) is 30.7 Å². The number of piperazine rings is 1. The molecule has 0 aromatic heterocycles. The Morgan fingerprint density at radius 2 is 1.78 bits per heavy atom. The molecule has 0 spiro atoms. The molecule has 1 heterocycles. The van der Waals surface area contributed by atoms with Gasteiger partial charge in [-0.2, -0.15) is 0 Å². The van der Waals surface area contributed by atoms with Gasteiger partial charge in [0.25, 0.3) is 0 Å². The van der Waals surface area contributed by atoms with Gasteiger partial charge in [-0.15, -0.1) is 0 Å². The van der Waals surface area contributed by atoms with Gasteiger partial charge in [0.1, 0.15) is 0 Å². The molecular formula is C16H32N2. The number of rotatable bonds is 5. The zero-order chi connectivity index (χ0) is 13.0. The molecular weight excluding hydrogens is 220 g/mol. The molecule has 1 saturated heterocycles. The molecule has 1 aliphatic carbocycles. The minimum Gasteiger partial charge on any atom is -0.308 e. The SMILES string of the molecule is CCCC1CNC(CC)(CC)CN1C1CCCC1. The molecule has 1 aliphatic heterocycles. The average molecular weight is 252 g/mol. The van der Waals surface area contributed by atoms with Crippen LogP contribution in [0.25, 0.3) is 0 Å². The molecule has 2 nitrogen and oxygen atoms in total. The largest absolute Gasteiger partial charge is 0.308 e. The van der Waals surface area contributed by atoms with Gasteiger partial charge < -0.3 is 5.32 Å². The molecule has 2 rings (SSSR count). The zero-order valence-electron chi connectivity index (χ0n) is 12.7. The zero-order valence-corrected chi connectivity index (χ0v) is 12.7. The van der Waals surface area contributed by atoms with E-state index in [1.54, 1.807) is 0 Å². The fraction of sp³-hybridized carbons (Fsp3) is 1.00. The van der Waals surface area contributed by atoms with Gasteiger partial charge in [-0.25, -0.2) is 0 Å². The van der Waals surface area contributed by atoms with E-state index in [-0.39, 0.29) is 0 Å². The summed E-state index contributed by atoms with van der Waals surface area (Å²) in [4.78, 5) is 2.89. The third-order valence-electron chi connectivity index (χ3n) is 5.44. The van der Waals surface area contributed by atoms with Crippen molar-refractivity contribution in [1.29, 1.82) is 0 Å². The maximum Gasteiger partial charge on any atom is 0.0304 e. The number of nitrogens with zero attached hydrogens (tertiary/aromatic N) is 1. The first-order chi connectivity index (χ1) is 8.74. The van der Waals surface area contributed by atoms with Gasteiger partial charge in [-0.05, 0) is 32.1 Å². The molecule has 1 saturated carbocycles. The van der Waals surface area contributed by atoms with Crippen LogP contribution in [0.15, 0.2) is 0 Å². The van der Waals surface area contributed by atoms with Crippen LogP contribution in [0.5, 0.6) is 0 Å². The van der Waals surface area contributed by atoms with Crippen LogP contribution in [0, 0.1) is 0 Å². The minimum atomic E-state index is 0.396. The van der Waals surface area contributed by atoms with Gasteiger partial charge >= 0.3 is 0 Å².